The number of rotatable bonds is 5. The van der Waals surface area contributed by atoms with E-state index >= 15 is 0 Å². The van der Waals surface area contributed by atoms with Gasteiger partial charge in [0.05, 0.1) is 0 Å². The smallest absolute Gasteiger partial charge is 0.412 e. The highest BCUT2D eigenvalue weighted by Crippen LogP contribution is 2.21. The zero-order valence-corrected chi connectivity index (χ0v) is 25.9. The summed E-state index contributed by atoms with van der Waals surface area (Å²) in [6.07, 6.45) is -0.752. The summed E-state index contributed by atoms with van der Waals surface area (Å²) in [6.45, 7) is 11.4. The van der Waals surface area contributed by atoms with Crippen molar-refractivity contribution in [3.8, 4) is 23.7 Å². The minimum absolute atomic E-state index is 0.0986. The quantitative estimate of drug-likeness (QED) is 0.237. The van der Waals surface area contributed by atoms with Crippen molar-refractivity contribution in [2.75, 3.05) is 16.0 Å². The Balaban J connectivity index is 1.92. The number of benzene rings is 3. The van der Waals surface area contributed by atoms with Crippen molar-refractivity contribution in [1.82, 2.24) is 0 Å². The normalized spacial score (nSPS) is 11.2. The molecule has 0 saturated carbocycles. The third-order valence-electron chi connectivity index (χ3n) is 5.37. The van der Waals surface area contributed by atoms with Crippen molar-refractivity contribution in [2.45, 2.75) is 65.3 Å². The highest BCUT2D eigenvalue weighted by Gasteiger charge is 2.19. The van der Waals surface area contributed by atoms with Crippen LogP contribution in [-0.4, -0.2) is 44.9 Å². The van der Waals surface area contributed by atoms with E-state index in [9.17, 15) is 24.6 Å². The van der Waals surface area contributed by atoms with E-state index in [0.717, 1.165) is 0 Å². The van der Waals surface area contributed by atoms with Crippen LogP contribution in [0.2, 0.25) is 0 Å². The Bertz CT molecular complexity index is 1580. The number of hydrogen-bond acceptors (Lipinski definition) is 6. The molecule has 5 N–H and O–H groups in total. The fourth-order valence-electron chi connectivity index (χ4n) is 3.59. The van der Waals surface area contributed by atoms with E-state index in [4.69, 9.17) is 4.74 Å². The molecule has 3 amide bonds. The van der Waals surface area contributed by atoms with Crippen molar-refractivity contribution in [3.63, 3.8) is 0 Å². The highest BCUT2D eigenvalue weighted by atomic mass is 16.6. The fourth-order valence-corrected chi connectivity index (χ4v) is 3.59. The van der Waals surface area contributed by atoms with Gasteiger partial charge in [-0.2, -0.15) is 0 Å². The van der Waals surface area contributed by atoms with Crippen LogP contribution in [0, 0.1) is 23.7 Å². The van der Waals surface area contributed by atoms with Crippen LogP contribution in [0.15, 0.2) is 66.7 Å². The van der Waals surface area contributed by atoms with Crippen molar-refractivity contribution >= 4 is 35.0 Å². The fraction of sp³-hybridized carbons (Fsp3) is 0.286. The zero-order chi connectivity index (χ0) is 32.7. The number of ether oxygens (including phenoxy) is 1. The second-order valence-electron chi connectivity index (χ2n) is 12.1. The van der Waals surface area contributed by atoms with Gasteiger partial charge in [-0.15, -0.1) is 0 Å². The third kappa shape index (κ3) is 11.7. The van der Waals surface area contributed by atoms with E-state index < -0.39 is 34.7 Å². The number of carbonyl (C=O) groups excluding carboxylic acids is 3. The van der Waals surface area contributed by atoms with E-state index in [2.05, 4.69) is 39.6 Å². The minimum Gasteiger partial charge on any atom is -0.444 e. The van der Waals surface area contributed by atoms with Gasteiger partial charge in [-0.05, 0) is 103 Å². The van der Waals surface area contributed by atoms with Gasteiger partial charge in [0.2, 0.25) is 0 Å². The molecule has 0 aromatic heterocycles. The van der Waals surface area contributed by atoms with Crippen LogP contribution >= 0.6 is 0 Å². The summed E-state index contributed by atoms with van der Waals surface area (Å²) in [5, 5.41) is 27.9. The molecule has 0 unspecified atom stereocenters. The first-order chi connectivity index (χ1) is 20.3. The monoisotopic (exact) mass is 595 g/mol. The first kappa shape index (κ1) is 33.4. The molecule has 0 spiro atoms. The molecule has 0 radical (unpaired) electrons. The summed E-state index contributed by atoms with van der Waals surface area (Å²) in [5.41, 5.74) is -0.700. The summed E-state index contributed by atoms with van der Waals surface area (Å²) in [7, 11) is 0. The van der Waals surface area contributed by atoms with Gasteiger partial charge in [-0.25, -0.2) is 4.79 Å². The lowest BCUT2D eigenvalue weighted by atomic mass is 10.1. The average Bonchev–Trinajstić information content (AvgIpc) is 2.89. The van der Waals surface area contributed by atoms with Crippen LogP contribution in [0.1, 0.15) is 80.3 Å². The summed E-state index contributed by atoms with van der Waals surface area (Å²) in [4.78, 5) is 39.2. The van der Waals surface area contributed by atoms with Crippen LogP contribution in [0.5, 0.6) is 0 Å². The first-order valence-electron chi connectivity index (χ1n) is 13.8. The Morgan fingerprint density at radius 1 is 0.614 bits per heavy atom. The van der Waals surface area contributed by atoms with Crippen molar-refractivity contribution in [2.24, 2.45) is 0 Å². The second kappa shape index (κ2) is 13.5. The topological polar surface area (TPSA) is 137 Å². The number of anilines is 3. The molecule has 0 fully saturated rings. The zero-order valence-electron chi connectivity index (χ0n) is 25.9. The molecule has 0 saturated heterocycles. The number of nitrogens with one attached hydrogen (secondary N) is 3. The SMILES string of the molecule is CC(C)(O)C#Cc1cccc(NC(=O)c2cc(NC(=O)OC(C)(C)C)cc(C(=O)Nc3cccc(C#CC(C)(C)O)c3)c2)c1. The summed E-state index contributed by atoms with van der Waals surface area (Å²) < 4.78 is 5.34. The lowest BCUT2D eigenvalue weighted by Crippen LogP contribution is -2.27. The van der Waals surface area contributed by atoms with E-state index in [0.29, 0.717) is 22.5 Å². The van der Waals surface area contributed by atoms with Gasteiger partial charge in [-0.1, -0.05) is 35.8 Å². The van der Waals surface area contributed by atoms with Crippen LogP contribution in [-0.2, 0) is 4.74 Å². The van der Waals surface area contributed by atoms with Gasteiger partial charge in [0, 0.05) is 39.3 Å². The molecule has 0 aliphatic rings. The minimum atomic E-state index is -1.18. The Morgan fingerprint density at radius 2 is 1.05 bits per heavy atom. The molecule has 0 heterocycles. The van der Waals surface area contributed by atoms with Crippen LogP contribution in [0.25, 0.3) is 0 Å². The largest absolute Gasteiger partial charge is 0.444 e. The maximum atomic E-state index is 13.3. The van der Waals surface area contributed by atoms with E-state index in [1.165, 1.54) is 18.2 Å². The number of carbonyl (C=O) groups is 3. The summed E-state index contributed by atoms with van der Waals surface area (Å²) >= 11 is 0. The molecule has 9 nitrogen and oxygen atoms in total. The lowest BCUT2D eigenvalue weighted by Gasteiger charge is -2.20. The molecular weight excluding hydrogens is 558 g/mol. The Kier molecular flexibility index (Phi) is 10.2. The molecule has 0 aliphatic carbocycles. The summed E-state index contributed by atoms with van der Waals surface area (Å²) in [6, 6.07) is 17.8. The average molecular weight is 596 g/mol. The predicted molar refractivity (Wildman–Crippen MR) is 171 cm³/mol. The highest BCUT2D eigenvalue weighted by molar-refractivity contribution is 6.10. The van der Waals surface area contributed by atoms with Gasteiger partial charge in [0.1, 0.15) is 16.8 Å². The van der Waals surface area contributed by atoms with E-state index in [1.54, 1.807) is 97.0 Å². The third-order valence-corrected chi connectivity index (χ3v) is 5.37. The maximum Gasteiger partial charge on any atom is 0.412 e. The number of hydrogen-bond donors (Lipinski definition) is 5. The lowest BCUT2D eigenvalue weighted by molar-refractivity contribution is 0.0635. The summed E-state index contributed by atoms with van der Waals surface area (Å²) in [5.74, 6) is 10.1. The number of aliphatic hydroxyl groups is 2. The standard InChI is InChI=1S/C35H37N3O6/c1-33(2,3)44-32(41)38-29-21-25(30(39)36-27-12-8-10-23(18-27)14-16-34(4,5)42)20-26(22-29)31(40)37-28-13-9-11-24(19-28)15-17-35(6,7)43/h8-13,18-22,42-43H,1-7H3,(H,36,39)(H,37,40)(H,38,41). The molecule has 228 valence electrons. The second-order valence-corrected chi connectivity index (χ2v) is 12.1. The predicted octanol–water partition coefficient (Wildman–Crippen LogP) is 5.78. The molecule has 3 rings (SSSR count). The van der Waals surface area contributed by atoms with Crippen LogP contribution in [0.3, 0.4) is 0 Å². The molecule has 9 heteroatoms. The van der Waals surface area contributed by atoms with Gasteiger partial charge in [0.25, 0.3) is 11.8 Å². The van der Waals surface area contributed by atoms with Gasteiger partial charge < -0.3 is 25.6 Å². The Hall–Kier alpha value is -5.09. The molecule has 0 atom stereocenters. The maximum absolute atomic E-state index is 13.3. The van der Waals surface area contributed by atoms with Gasteiger partial charge in [0.15, 0.2) is 0 Å². The van der Waals surface area contributed by atoms with Gasteiger partial charge >= 0.3 is 6.09 Å². The first-order valence-corrected chi connectivity index (χ1v) is 13.8. The molecular formula is C35H37N3O6. The molecule has 0 aliphatic heterocycles. The van der Waals surface area contributed by atoms with Gasteiger partial charge in [-0.3, -0.25) is 14.9 Å². The molecule has 0 bridgehead atoms. The molecule has 3 aromatic rings. The van der Waals surface area contributed by atoms with Crippen molar-refractivity contribution in [3.05, 3.63) is 89.0 Å². The molecule has 3 aromatic carbocycles. The molecule has 44 heavy (non-hydrogen) atoms. The Morgan fingerprint density at radius 3 is 1.43 bits per heavy atom. The van der Waals surface area contributed by atoms with Crippen molar-refractivity contribution in [1.29, 1.82) is 0 Å². The van der Waals surface area contributed by atoms with E-state index in [1.807, 2.05) is 0 Å². The van der Waals surface area contributed by atoms with Crippen LogP contribution in [0.4, 0.5) is 21.9 Å². The number of amides is 3. The van der Waals surface area contributed by atoms with E-state index in [-0.39, 0.29) is 16.8 Å². The van der Waals surface area contributed by atoms with Crippen LogP contribution < -0.4 is 16.0 Å². The Labute approximate surface area is 258 Å². The van der Waals surface area contributed by atoms with Crippen molar-refractivity contribution < 1.29 is 29.3 Å².